The van der Waals surface area contributed by atoms with E-state index >= 15 is 0 Å². The Labute approximate surface area is 161 Å². The second-order valence-electron chi connectivity index (χ2n) is 5.53. The molecule has 0 radical (unpaired) electrons. The molecular formula is C17H15Cl2NO5S. The van der Waals surface area contributed by atoms with Crippen molar-refractivity contribution in [2.24, 2.45) is 0 Å². The molecule has 0 saturated heterocycles. The van der Waals surface area contributed by atoms with Crippen LogP contribution in [-0.2, 0) is 26.0 Å². The summed E-state index contributed by atoms with van der Waals surface area (Å²) in [5.74, 6) is -0.337. The maximum atomic E-state index is 12.7. The number of sulfonamides is 1. The number of anilines is 1. The average molecular weight is 416 g/mol. The van der Waals surface area contributed by atoms with Gasteiger partial charge in [-0.05, 0) is 25.1 Å². The zero-order valence-electron chi connectivity index (χ0n) is 13.7. The fraction of sp³-hybridized carbons (Fsp3) is 0.235. The standard InChI is InChI=1S/C17H15Cl2NO5S/c1-2-24-17(21)12-8-10-9-13(14(18)15(19)16(10)25-12)26(22,23)20-11-6-4-3-5-7-11/h3-7,9,12,20H,2,8H2,1H3. The van der Waals surface area contributed by atoms with Crippen LogP contribution >= 0.6 is 23.2 Å². The molecule has 0 aliphatic carbocycles. The molecule has 1 atom stereocenters. The van der Waals surface area contributed by atoms with Crippen molar-refractivity contribution in [1.82, 2.24) is 0 Å². The molecule has 1 aliphatic heterocycles. The predicted molar refractivity (Wildman–Crippen MR) is 98.5 cm³/mol. The van der Waals surface area contributed by atoms with Crippen LogP contribution in [0.4, 0.5) is 5.69 Å². The number of nitrogens with one attached hydrogen (secondary N) is 1. The van der Waals surface area contributed by atoms with E-state index in [1.165, 1.54) is 6.07 Å². The smallest absolute Gasteiger partial charge is 0.347 e. The van der Waals surface area contributed by atoms with E-state index < -0.39 is 22.1 Å². The first-order valence-corrected chi connectivity index (χ1v) is 9.99. The lowest BCUT2D eigenvalue weighted by Crippen LogP contribution is -2.27. The minimum atomic E-state index is -3.97. The second-order valence-corrected chi connectivity index (χ2v) is 7.93. The molecular weight excluding hydrogens is 401 g/mol. The summed E-state index contributed by atoms with van der Waals surface area (Å²) in [6, 6.07) is 9.76. The monoisotopic (exact) mass is 415 g/mol. The van der Waals surface area contributed by atoms with Crippen molar-refractivity contribution in [2.45, 2.75) is 24.3 Å². The molecule has 2 aromatic carbocycles. The molecule has 1 heterocycles. The summed E-state index contributed by atoms with van der Waals surface area (Å²) in [7, 11) is -3.97. The van der Waals surface area contributed by atoms with Gasteiger partial charge < -0.3 is 9.47 Å². The molecule has 0 fully saturated rings. The van der Waals surface area contributed by atoms with Crippen molar-refractivity contribution >= 4 is 44.9 Å². The van der Waals surface area contributed by atoms with Crippen LogP contribution in [0.25, 0.3) is 0 Å². The van der Waals surface area contributed by atoms with E-state index in [0.717, 1.165) is 0 Å². The molecule has 0 amide bonds. The molecule has 0 bridgehead atoms. The third-order valence-corrected chi connectivity index (χ3v) is 6.10. The Morgan fingerprint density at radius 1 is 1.27 bits per heavy atom. The summed E-state index contributed by atoms with van der Waals surface area (Å²) >= 11 is 12.4. The van der Waals surface area contributed by atoms with Gasteiger partial charge in [-0.2, -0.15) is 0 Å². The number of para-hydroxylation sites is 1. The molecule has 1 unspecified atom stereocenters. The van der Waals surface area contributed by atoms with Crippen LogP contribution in [0, 0.1) is 0 Å². The molecule has 1 N–H and O–H groups in total. The van der Waals surface area contributed by atoms with E-state index in [1.807, 2.05) is 0 Å². The topological polar surface area (TPSA) is 81.7 Å². The number of hydrogen-bond acceptors (Lipinski definition) is 5. The first kappa shape index (κ1) is 18.8. The quantitative estimate of drug-likeness (QED) is 0.753. The van der Waals surface area contributed by atoms with Gasteiger partial charge in [0.2, 0.25) is 0 Å². The number of benzene rings is 2. The number of carbonyl (C=O) groups excluding carboxylic acids is 1. The molecule has 3 rings (SSSR count). The molecule has 9 heteroatoms. The van der Waals surface area contributed by atoms with Gasteiger partial charge in [-0.1, -0.05) is 41.4 Å². The fourth-order valence-electron chi connectivity index (χ4n) is 2.58. The van der Waals surface area contributed by atoms with Crippen molar-refractivity contribution in [3.63, 3.8) is 0 Å². The molecule has 0 spiro atoms. The lowest BCUT2D eigenvalue weighted by Gasteiger charge is -2.13. The van der Waals surface area contributed by atoms with Crippen molar-refractivity contribution < 1.29 is 22.7 Å². The maximum Gasteiger partial charge on any atom is 0.347 e. The van der Waals surface area contributed by atoms with Crippen molar-refractivity contribution in [3.05, 3.63) is 52.0 Å². The summed E-state index contributed by atoms with van der Waals surface area (Å²) in [4.78, 5) is 11.7. The summed E-state index contributed by atoms with van der Waals surface area (Å²) < 4.78 is 38.3. The summed E-state index contributed by atoms with van der Waals surface area (Å²) in [5, 5.41) is -0.220. The highest BCUT2D eigenvalue weighted by Gasteiger charge is 2.35. The highest BCUT2D eigenvalue weighted by molar-refractivity contribution is 7.92. The third-order valence-electron chi connectivity index (χ3n) is 3.74. The number of carbonyl (C=O) groups is 1. The highest BCUT2D eigenvalue weighted by atomic mass is 35.5. The summed E-state index contributed by atoms with van der Waals surface area (Å²) in [6.07, 6.45) is -0.725. The number of ether oxygens (including phenoxy) is 2. The van der Waals surface area contributed by atoms with Crippen LogP contribution in [-0.4, -0.2) is 27.1 Å². The minimum Gasteiger partial charge on any atom is -0.476 e. The molecule has 0 saturated carbocycles. The van der Waals surface area contributed by atoms with Gasteiger partial charge in [-0.15, -0.1) is 0 Å². The number of esters is 1. The van der Waals surface area contributed by atoms with Gasteiger partial charge in [-0.25, -0.2) is 13.2 Å². The largest absolute Gasteiger partial charge is 0.476 e. The van der Waals surface area contributed by atoms with Crippen LogP contribution in [0.1, 0.15) is 12.5 Å². The van der Waals surface area contributed by atoms with E-state index in [0.29, 0.717) is 11.3 Å². The molecule has 0 aromatic heterocycles. The van der Waals surface area contributed by atoms with Gasteiger partial charge in [0.15, 0.2) is 6.10 Å². The lowest BCUT2D eigenvalue weighted by atomic mass is 10.1. The lowest BCUT2D eigenvalue weighted by molar-refractivity contribution is -0.150. The Kier molecular flexibility index (Phi) is 5.32. The highest BCUT2D eigenvalue weighted by Crippen LogP contribution is 2.44. The molecule has 1 aliphatic rings. The second kappa shape index (κ2) is 7.34. The zero-order valence-corrected chi connectivity index (χ0v) is 16.0. The van der Waals surface area contributed by atoms with Gasteiger partial charge >= 0.3 is 5.97 Å². The van der Waals surface area contributed by atoms with Gasteiger partial charge in [0.05, 0.1) is 11.6 Å². The van der Waals surface area contributed by atoms with E-state index in [-0.39, 0.29) is 33.7 Å². The van der Waals surface area contributed by atoms with Gasteiger partial charge in [0.1, 0.15) is 15.7 Å². The summed E-state index contributed by atoms with van der Waals surface area (Å²) in [6.45, 7) is 1.90. The maximum absolute atomic E-state index is 12.7. The molecule has 26 heavy (non-hydrogen) atoms. The number of hydrogen-bond donors (Lipinski definition) is 1. The molecule has 138 valence electrons. The minimum absolute atomic E-state index is 0.0515. The van der Waals surface area contributed by atoms with E-state index in [9.17, 15) is 13.2 Å². The van der Waals surface area contributed by atoms with Gasteiger partial charge in [0, 0.05) is 17.7 Å². The number of fused-ring (bicyclic) bond motifs is 1. The Morgan fingerprint density at radius 3 is 2.62 bits per heavy atom. The zero-order chi connectivity index (χ0) is 18.9. The van der Waals surface area contributed by atoms with Crippen molar-refractivity contribution in [3.8, 4) is 5.75 Å². The van der Waals surface area contributed by atoms with Gasteiger partial charge in [0.25, 0.3) is 10.0 Å². The summed E-state index contributed by atoms with van der Waals surface area (Å²) in [5.41, 5.74) is 0.867. The van der Waals surface area contributed by atoms with E-state index in [4.69, 9.17) is 32.7 Å². The Balaban J connectivity index is 1.95. The third kappa shape index (κ3) is 3.60. The number of rotatable bonds is 5. The van der Waals surface area contributed by atoms with Crippen LogP contribution in [0.5, 0.6) is 5.75 Å². The first-order chi connectivity index (χ1) is 12.3. The van der Waals surface area contributed by atoms with Gasteiger partial charge in [-0.3, -0.25) is 4.72 Å². The van der Waals surface area contributed by atoms with Crippen LogP contribution in [0.15, 0.2) is 41.3 Å². The average Bonchev–Trinajstić information content (AvgIpc) is 3.03. The molecule has 6 nitrogen and oxygen atoms in total. The van der Waals surface area contributed by atoms with Crippen LogP contribution < -0.4 is 9.46 Å². The van der Waals surface area contributed by atoms with E-state index in [1.54, 1.807) is 37.3 Å². The molecule has 2 aromatic rings. The predicted octanol–water partition coefficient (Wildman–Crippen LogP) is 3.66. The van der Waals surface area contributed by atoms with Crippen molar-refractivity contribution in [2.75, 3.05) is 11.3 Å². The normalized spacial score (nSPS) is 15.9. The van der Waals surface area contributed by atoms with E-state index in [2.05, 4.69) is 4.72 Å². The van der Waals surface area contributed by atoms with Crippen molar-refractivity contribution in [1.29, 1.82) is 0 Å². The van der Waals surface area contributed by atoms with Crippen LogP contribution in [0.3, 0.4) is 0 Å². The Bertz CT molecular complexity index is 947. The Morgan fingerprint density at radius 2 is 1.96 bits per heavy atom. The first-order valence-electron chi connectivity index (χ1n) is 7.75. The number of halogens is 2. The van der Waals surface area contributed by atoms with Crippen LogP contribution in [0.2, 0.25) is 10.0 Å². The SMILES string of the molecule is CCOC(=O)C1Cc2cc(S(=O)(=O)Nc3ccccc3)c(Cl)c(Cl)c2O1. The Hall–Kier alpha value is -1.96. The fourth-order valence-corrected chi connectivity index (χ4v) is 4.54.